The first-order valence-electron chi connectivity index (χ1n) is 10.7. The van der Waals surface area contributed by atoms with E-state index < -0.39 is 0 Å². The highest BCUT2D eigenvalue weighted by atomic mass is 35.5. The maximum Gasteiger partial charge on any atom is 0.226 e. The van der Waals surface area contributed by atoms with Crippen molar-refractivity contribution in [3.63, 3.8) is 0 Å². The molecule has 0 aliphatic carbocycles. The standard InChI is InChI=1S/C26H29ClN2O3/c1-4-31-24-14-20(23(27)15-25(24)32-17-19-8-6-5-7-9-19)16-28-21-10-12-22(13-11-21)29-26(30)18(2)3/h5-15,18,28H,4,16-17H2,1-3H3,(H,29,30). The number of benzene rings is 3. The molecule has 0 saturated carbocycles. The van der Waals surface area contributed by atoms with Crippen molar-refractivity contribution in [3.05, 3.63) is 82.9 Å². The summed E-state index contributed by atoms with van der Waals surface area (Å²) in [4.78, 5) is 11.8. The summed E-state index contributed by atoms with van der Waals surface area (Å²) < 4.78 is 11.8. The van der Waals surface area contributed by atoms with Gasteiger partial charge < -0.3 is 20.1 Å². The number of hydrogen-bond acceptors (Lipinski definition) is 4. The fourth-order valence-corrected chi connectivity index (χ4v) is 3.20. The van der Waals surface area contributed by atoms with E-state index in [9.17, 15) is 4.79 Å². The first-order chi connectivity index (χ1) is 15.5. The van der Waals surface area contributed by atoms with Crippen LogP contribution in [0.2, 0.25) is 5.02 Å². The van der Waals surface area contributed by atoms with Crippen LogP contribution in [0.4, 0.5) is 11.4 Å². The lowest BCUT2D eigenvalue weighted by molar-refractivity contribution is -0.118. The Morgan fingerprint density at radius 2 is 1.59 bits per heavy atom. The molecular weight excluding hydrogens is 424 g/mol. The average Bonchev–Trinajstić information content (AvgIpc) is 2.79. The molecular formula is C26H29ClN2O3. The van der Waals surface area contributed by atoms with Crippen LogP contribution in [-0.2, 0) is 17.9 Å². The van der Waals surface area contributed by atoms with Crippen molar-refractivity contribution in [2.75, 3.05) is 17.2 Å². The van der Waals surface area contributed by atoms with Gasteiger partial charge in [0.2, 0.25) is 5.91 Å². The molecule has 0 radical (unpaired) electrons. The maximum absolute atomic E-state index is 11.8. The normalized spacial score (nSPS) is 10.7. The van der Waals surface area contributed by atoms with E-state index in [4.69, 9.17) is 21.1 Å². The molecule has 0 fully saturated rings. The lowest BCUT2D eigenvalue weighted by Gasteiger charge is -2.16. The molecule has 0 atom stereocenters. The maximum atomic E-state index is 11.8. The van der Waals surface area contributed by atoms with Crippen LogP contribution in [0.3, 0.4) is 0 Å². The summed E-state index contributed by atoms with van der Waals surface area (Å²) in [5.41, 5.74) is 3.67. The zero-order valence-corrected chi connectivity index (χ0v) is 19.4. The quantitative estimate of drug-likeness (QED) is 0.367. The zero-order chi connectivity index (χ0) is 22.9. The summed E-state index contributed by atoms with van der Waals surface area (Å²) in [7, 11) is 0. The first kappa shape index (κ1) is 23.5. The largest absolute Gasteiger partial charge is 0.490 e. The number of nitrogens with one attached hydrogen (secondary N) is 2. The molecule has 0 bridgehead atoms. The van der Waals surface area contributed by atoms with Gasteiger partial charge in [0.1, 0.15) is 6.61 Å². The van der Waals surface area contributed by atoms with Gasteiger partial charge in [-0.05, 0) is 48.4 Å². The van der Waals surface area contributed by atoms with E-state index in [0.717, 1.165) is 22.5 Å². The van der Waals surface area contributed by atoms with Gasteiger partial charge in [-0.2, -0.15) is 0 Å². The molecule has 0 aliphatic rings. The minimum Gasteiger partial charge on any atom is -0.490 e. The van der Waals surface area contributed by atoms with Crippen LogP contribution < -0.4 is 20.1 Å². The Kier molecular flexibility index (Phi) is 8.40. The van der Waals surface area contributed by atoms with Crippen molar-refractivity contribution in [1.82, 2.24) is 0 Å². The fourth-order valence-electron chi connectivity index (χ4n) is 2.98. The van der Waals surface area contributed by atoms with E-state index in [1.807, 2.05) is 81.4 Å². The number of carbonyl (C=O) groups excluding carboxylic acids is 1. The number of rotatable bonds is 10. The van der Waals surface area contributed by atoms with Gasteiger partial charge in [-0.15, -0.1) is 0 Å². The SMILES string of the molecule is CCOc1cc(CNc2ccc(NC(=O)C(C)C)cc2)c(Cl)cc1OCc1ccccc1. The molecule has 0 saturated heterocycles. The number of amides is 1. The summed E-state index contributed by atoms with van der Waals surface area (Å²) in [5.74, 6) is 1.22. The molecule has 2 N–H and O–H groups in total. The molecule has 0 heterocycles. The van der Waals surface area contributed by atoms with Crippen LogP contribution in [0, 0.1) is 5.92 Å². The molecule has 3 aromatic carbocycles. The van der Waals surface area contributed by atoms with Gasteiger partial charge in [-0.25, -0.2) is 0 Å². The molecule has 0 aliphatic heterocycles. The molecule has 3 rings (SSSR count). The number of carbonyl (C=O) groups is 1. The van der Waals surface area contributed by atoms with Crippen LogP contribution >= 0.6 is 11.6 Å². The average molecular weight is 453 g/mol. The van der Waals surface area contributed by atoms with Gasteiger partial charge in [0.15, 0.2) is 11.5 Å². The lowest BCUT2D eigenvalue weighted by Crippen LogP contribution is -2.17. The highest BCUT2D eigenvalue weighted by molar-refractivity contribution is 6.31. The molecule has 5 nitrogen and oxygen atoms in total. The summed E-state index contributed by atoms with van der Waals surface area (Å²) in [6.45, 7) is 7.16. The summed E-state index contributed by atoms with van der Waals surface area (Å²) in [5, 5.41) is 6.84. The Bertz CT molecular complexity index is 1020. The fraction of sp³-hybridized carbons (Fsp3) is 0.269. The van der Waals surface area contributed by atoms with Crippen molar-refractivity contribution in [3.8, 4) is 11.5 Å². The Balaban J connectivity index is 1.65. The highest BCUT2D eigenvalue weighted by Gasteiger charge is 2.12. The molecule has 0 aromatic heterocycles. The van der Waals surface area contributed by atoms with Gasteiger partial charge >= 0.3 is 0 Å². The van der Waals surface area contributed by atoms with E-state index >= 15 is 0 Å². The van der Waals surface area contributed by atoms with E-state index in [2.05, 4.69) is 10.6 Å². The Hall–Kier alpha value is -3.18. The van der Waals surface area contributed by atoms with Crippen LogP contribution in [0.5, 0.6) is 11.5 Å². The topological polar surface area (TPSA) is 59.6 Å². The third-order valence-corrected chi connectivity index (χ3v) is 5.16. The second kappa shape index (κ2) is 11.4. The molecule has 168 valence electrons. The second-order valence-corrected chi connectivity index (χ2v) is 8.08. The van der Waals surface area contributed by atoms with E-state index in [0.29, 0.717) is 36.3 Å². The van der Waals surface area contributed by atoms with Gasteiger partial charge in [0, 0.05) is 34.9 Å². The predicted octanol–water partition coefficient (Wildman–Crippen LogP) is 6.52. The van der Waals surface area contributed by atoms with Crippen molar-refractivity contribution in [2.24, 2.45) is 5.92 Å². The first-order valence-corrected chi connectivity index (χ1v) is 11.1. The Morgan fingerprint density at radius 1 is 0.938 bits per heavy atom. The molecule has 0 spiro atoms. The number of anilines is 2. The van der Waals surface area contributed by atoms with Crippen LogP contribution in [-0.4, -0.2) is 12.5 Å². The third-order valence-electron chi connectivity index (χ3n) is 4.81. The second-order valence-electron chi connectivity index (χ2n) is 7.67. The molecule has 0 unspecified atom stereocenters. The van der Waals surface area contributed by atoms with Crippen molar-refractivity contribution in [1.29, 1.82) is 0 Å². The number of ether oxygens (including phenoxy) is 2. The monoisotopic (exact) mass is 452 g/mol. The molecule has 1 amide bonds. The summed E-state index contributed by atoms with van der Waals surface area (Å²) >= 11 is 6.54. The molecule has 32 heavy (non-hydrogen) atoms. The van der Waals surface area contributed by atoms with Crippen molar-refractivity contribution < 1.29 is 14.3 Å². The van der Waals surface area contributed by atoms with Crippen LogP contribution in [0.15, 0.2) is 66.7 Å². The minimum atomic E-state index is -0.0610. The Morgan fingerprint density at radius 3 is 2.25 bits per heavy atom. The van der Waals surface area contributed by atoms with E-state index in [1.54, 1.807) is 6.07 Å². The van der Waals surface area contributed by atoms with Crippen LogP contribution in [0.25, 0.3) is 0 Å². The Labute approximate surface area is 194 Å². The summed E-state index contributed by atoms with van der Waals surface area (Å²) in [6, 6.07) is 21.3. The van der Waals surface area contributed by atoms with Gasteiger partial charge in [-0.1, -0.05) is 55.8 Å². The molecule has 3 aromatic rings. The van der Waals surface area contributed by atoms with Gasteiger partial charge in [0.05, 0.1) is 6.61 Å². The predicted molar refractivity (Wildman–Crippen MR) is 131 cm³/mol. The van der Waals surface area contributed by atoms with Crippen molar-refractivity contribution >= 4 is 28.9 Å². The zero-order valence-electron chi connectivity index (χ0n) is 18.7. The third kappa shape index (κ3) is 6.66. The lowest BCUT2D eigenvalue weighted by atomic mass is 10.1. The number of halogens is 1. The van der Waals surface area contributed by atoms with Crippen LogP contribution in [0.1, 0.15) is 31.9 Å². The summed E-state index contributed by atoms with van der Waals surface area (Å²) in [6.07, 6.45) is 0. The van der Waals surface area contributed by atoms with E-state index in [1.165, 1.54) is 0 Å². The van der Waals surface area contributed by atoms with Crippen molar-refractivity contribution in [2.45, 2.75) is 33.9 Å². The molecule has 6 heteroatoms. The van der Waals surface area contributed by atoms with E-state index in [-0.39, 0.29) is 11.8 Å². The van der Waals surface area contributed by atoms with Gasteiger partial charge in [0.25, 0.3) is 0 Å². The minimum absolute atomic E-state index is 0.00415. The smallest absolute Gasteiger partial charge is 0.226 e. The highest BCUT2D eigenvalue weighted by Crippen LogP contribution is 2.34. The number of hydrogen-bond donors (Lipinski definition) is 2. The van der Waals surface area contributed by atoms with Gasteiger partial charge in [-0.3, -0.25) is 4.79 Å².